The van der Waals surface area contributed by atoms with E-state index in [0.29, 0.717) is 23.3 Å². The lowest BCUT2D eigenvalue weighted by molar-refractivity contribution is -0.115. The van der Waals surface area contributed by atoms with Crippen molar-refractivity contribution in [1.82, 2.24) is 25.2 Å². The quantitative estimate of drug-likeness (QED) is 0.544. The Morgan fingerprint density at radius 3 is 2.62 bits per heavy atom. The van der Waals surface area contributed by atoms with E-state index in [1.165, 1.54) is 6.26 Å². The van der Waals surface area contributed by atoms with Crippen LogP contribution < -0.4 is 5.32 Å². The number of aromatic nitrogens is 5. The van der Waals surface area contributed by atoms with Crippen LogP contribution in [0.5, 0.6) is 0 Å². The first kappa shape index (κ1) is 17.3. The van der Waals surface area contributed by atoms with Crippen LogP contribution in [0.15, 0.2) is 65.3 Å². The number of oxazole rings is 1. The van der Waals surface area contributed by atoms with Crippen LogP contribution in [-0.2, 0) is 11.2 Å². The zero-order valence-electron chi connectivity index (χ0n) is 15.5. The van der Waals surface area contributed by atoms with E-state index in [4.69, 9.17) is 4.42 Å². The number of hydrogen-bond donors (Lipinski definition) is 1. The van der Waals surface area contributed by atoms with Crippen molar-refractivity contribution < 1.29 is 9.21 Å². The predicted octanol–water partition coefficient (Wildman–Crippen LogP) is 3.51. The fourth-order valence-corrected chi connectivity index (χ4v) is 3.12. The molecule has 0 radical (unpaired) electrons. The number of tetrazole rings is 1. The van der Waals surface area contributed by atoms with Gasteiger partial charge in [-0.2, -0.15) is 0 Å². The molecular formula is C21H18N6O2. The van der Waals surface area contributed by atoms with E-state index in [0.717, 1.165) is 29.8 Å². The number of carbonyl (C=O) groups excluding carboxylic acids is 1. The molecule has 1 saturated carbocycles. The molecular weight excluding hydrogens is 368 g/mol. The molecule has 1 amide bonds. The van der Waals surface area contributed by atoms with Gasteiger partial charge < -0.3 is 9.73 Å². The Labute approximate surface area is 166 Å². The summed E-state index contributed by atoms with van der Waals surface area (Å²) in [5.41, 5.74) is 3.09. The molecule has 0 aliphatic heterocycles. The van der Waals surface area contributed by atoms with Gasteiger partial charge in [-0.3, -0.25) is 4.79 Å². The summed E-state index contributed by atoms with van der Waals surface area (Å²) in [5.74, 6) is 1.10. The van der Waals surface area contributed by atoms with Crippen LogP contribution in [0.1, 0.15) is 24.6 Å². The van der Waals surface area contributed by atoms with Crippen LogP contribution in [0, 0.1) is 0 Å². The van der Waals surface area contributed by atoms with Crippen LogP contribution in [0.25, 0.3) is 22.8 Å². The minimum Gasteiger partial charge on any atom is -0.444 e. The summed E-state index contributed by atoms with van der Waals surface area (Å²) in [4.78, 5) is 16.8. The maximum Gasteiger partial charge on any atom is 0.230 e. The van der Waals surface area contributed by atoms with Gasteiger partial charge in [-0.15, -0.1) is 5.10 Å². The van der Waals surface area contributed by atoms with Gasteiger partial charge >= 0.3 is 0 Å². The molecule has 2 aromatic carbocycles. The molecule has 4 aromatic rings. The van der Waals surface area contributed by atoms with Gasteiger partial charge in [-0.25, -0.2) is 9.67 Å². The summed E-state index contributed by atoms with van der Waals surface area (Å²) in [6, 6.07) is 17.5. The molecule has 1 aliphatic rings. The zero-order chi connectivity index (χ0) is 19.6. The van der Waals surface area contributed by atoms with Gasteiger partial charge in [0, 0.05) is 16.8 Å². The Morgan fingerprint density at radius 1 is 1.07 bits per heavy atom. The Morgan fingerprint density at radius 2 is 1.86 bits per heavy atom. The van der Waals surface area contributed by atoms with E-state index in [2.05, 4.69) is 25.8 Å². The molecule has 2 aromatic heterocycles. The molecule has 0 bridgehead atoms. The fourth-order valence-electron chi connectivity index (χ4n) is 3.12. The van der Waals surface area contributed by atoms with Crippen LogP contribution in [0.4, 0.5) is 5.69 Å². The van der Waals surface area contributed by atoms with Crippen LogP contribution in [0.3, 0.4) is 0 Å². The molecule has 0 atom stereocenters. The van der Waals surface area contributed by atoms with Crippen molar-refractivity contribution in [2.24, 2.45) is 0 Å². The Kier molecular flexibility index (Phi) is 4.36. The van der Waals surface area contributed by atoms with Gasteiger partial charge in [0.15, 0.2) is 5.82 Å². The van der Waals surface area contributed by atoms with Crippen LogP contribution >= 0.6 is 0 Å². The number of nitrogens with one attached hydrogen (secondary N) is 1. The number of carbonyl (C=O) groups is 1. The maximum atomic E-state index is 12.4. The molecule has 0 unspecified atom stereocenters. The van der Waals surface area contributed by atoms with Crippen molar-refractivity contribution in [1.29, 1.82) is 0 Å². The third kappa shape index (κ3) is 3.77. The lowest BCUT2D eigenvalue weighted by atomic mass is 10.2. The molecule has 8 heteroatoms. The minimum atomic E-state index is -0.159. The summed E-state index contributed by atoms with van der Waals surface area (Å²) >= 11 is 0. The normalized spacial score (nSPS) is 13.4. The lowest BCUT2D eigenvalue weighted by Gasteiger charge is -2.06. The lowest BCUT2D eigenvalue weighted by Crippen LogP contribution is -2.14. The summed E-state index contributed by atoms with van der Waals surface area (Å²) in [5, 5.41) is 14.8. The molecule has 8 nitrogen and oxygen atoms in total. The van der Waals surface area contributed by atoms with Crippen molar-refractivity contribution in [2.45, 2.75) is 25.3 Å². The van der Waals surface area contributed by atoms with Crippen molar-refractivity contribution >= 4 is 11.6 Å². The Balaban J connectivity index is 1.23. The van der Waals surface area contributed by atoms with Crippen LogP contribution in [-0.4, -0.2) is 31.1 Å². The number of hydrogen-bond acceptors (Lipinski definition) is 6. The Hall–Kier alpha value is -3.81. The number of benzene rings is 2. The monoisotopic (exact) mass is 386 g/mol. The second-order valence-corrected chi connectivity index (χ2v) is 6.99. The van der Waals surface area contributed by atoms with Gasteiger partial charge in [0.25, 0.3) is 0 Å². The molecule has 144 valence electrons. The minimum absolute atomic E-state index is 0.137. The molecule has 0 saturated heterocycles. The first-order valence-electron chi connectivity index (χ1n) is 9.44. The highest BCUT2D eigenvalue weighted by Crippen LogP contribution is 2.36. The van der Waals surface area contributed by atoms with E-state index < -0.39 is 0 Å². The smallest absolute Gasteiger partial charge is 0.230 e. The van der Waals surface area contributed by atoms with E-state index >= 15 is 0 Å². The number of anilines is 1. The molecule has 1 aliphatic carbocycles. The average Bonchev–Trinajstić information content (AvgIpc) is 3.29. The van der Waals surface area contributed by atoms with Gasteiger partial charge in [0.2, 0.25) is 11.8 Å². The molecule has 29 heavy (non-hydrogen) atoms. The van der Waals surface area contributed by atoms with Gasteiger partial charge in [-0.1, -0.05) is 18.2 Å². The van der Waals surface area contributed by atoms with Crippen LogP contribution in [0.2, 0.25) is 0 Å². The SMILES string of the molecule is O=C(Cc1coc(-c2ccccc2)n1)Nc1ccc(-c2nnnn2C2CC2)cc1. The summed E-state index contributed by atoms with van der Waals surface area (Å²) < 4.78 is 7.35. The third-order valence-electron chi connectivity index (χ3n) is 4.73. The van der Waals surface area contributed by atoms with Gasteiger partial charge in [0.1, 0.15) is 6.26 Å². The summed E-state index contributed by atoms with van der Waals surface area (Å²) in [7, 11) is 0. The second-order valence-electron chi connectivity index (χ2n) is 6.99. The largest absolute Gasteiger partial charge is 0.444 e. The van der Waals surface area contributed by atoms with E-state index in [9.17, 15) is 4.79 Å². The molecule has 1 N–H and O–H groups in total. The molecule has 5 rings (SSSR count). The predicted molar refractivity (Wildman–Crippen MR) is 106 cm³/mol. The maximum absolute atomic E-state index is 12.4. The summed E-state index contributed by atoms with van der Waals surface area (Å²) in [6.45, 7) is 0. The highest BCUT2D eigenvalue weighted by Gasteiger charge is 2.28. The molecule has 0 spiro atoms. The third-order valence-corrected chi connectivity index (χ3v) is 4.73. The van der Waals surface area contributed by atoms with E-state index in [-0.39, 0.29) is 12.3 Å². The van der Waals surface area contributed by atoms with Crippen molar-refractivity contribution in [2.75, 3.05) is 5.32 Å². The first-order valence-corrected chi connectivity index (χ1v) is 9.44. The zero-order valence-corrected chi connectivity index (χ0v) is 15.5. The second kappa shape index (κ2) is 7.31. The van der Waals surface area contributed by atoms with Crippen molar-refractivity contribution in [3.63, 3.8) is 0 Å². The average molecular weight is 386 g/mol. The molecule has 1 fully saturated rings. The standard InChI is InChI=1S/C21H18N6O2/c28-19(12-17-13-29-21(23-17)15-4-2-1-3-5-15)22-16-8-6-14(7-9-16)20-24-25-26-27(20)18-10-11-18/h1-9,13,18H,10-12H2,(H,22,28). The number of rotatable bonds is 6. The topological polar surface area (TPSA) is 98.7 Å². The fraction of sp³-hybridized carbons (Fsp3) is 0.190. The number of nitrogens with zero attached hydrogens (tertiary/aromatic N) is 5. The number of amides is 1. The highest BCUT2D eigenvalue weighted by atomic mass is 16.3. The van der Waals surface area contributed by atoms with E-state index in [1.54, 1.807) is 0 Å². The highest BCUT2D eigenvalue weighted by molar-refractivity contribution is 5.92. The first-order chi connectivity index (χ1) is 14.3. The van der Waals surface area contributed by atoms with Crippen molar-refractivity contribution in [3.8, 4) is 22.8 Å². The van der Waals surface area contributed by atoms with Gasteiger partial charge in [-0.05, 0) is 59.7 Å². The van der Waals surface area contributed by atoms with Crippen molar-refractivity contribution in [3.05, 3.63) is 66.6 Å². The van der Waals surface area contributed by atoms with E-state index in [1.807, 2.05) is 59.3 Å². The Bertz CT molecular complexity index is 1130. The molecule has 2 heterocycles. The summed E-state index contributed by atoms with van der Waals surface area (Å²) in [6.07, 6.45) is 3.88. The van der Waals surface area contributed by atoms with Gasteiger partial charge in [0.05, 0.1) is 18.2 Å².